The van der Waals surface area contributed by atoms with Crippen LogP contribution >= 0.6 is 11.6 Å². The van der Waals surface area contributed by atoms with Crippen LogP contribution in [-0.2, 0) is 0 Å². The van der Waals surface area contributed by atoms with Gasteiger partial charge in [0.15, 0.2) is 5.82 Å². The third-order valence-corrected chi connectivity index (χ3v) is 6.61. The minimum atomic E-state index is 0.731. The predicted molar refractivity (Wildman–Crippen MR) is 121 cm³/mol. The molecule has 0 spiro atoms. The van der Waals surface area contributed by atoms with Crippen LogP contribution in [0.4, 0.5) is 5.82 Å². The van der Waals surface area contributed by atoms with E-state index in [0.717, 1.165) is 52.3 Å². The van der Waals surface area contributed by atoms with Crippen LogP contribution in [0.15, 0.2) is 48.5 Å². The molecule has 3 heterocycles. The number of aromatic nitrogens is 2. The maximum atomic E-state index is 6.07. The van der Waals surface area contributed by atoms with E-state index in [9.17, 15) is 0 Å². The van der Waals surface area contributed by atoms with Crippen molar-refractivity contribution < 1.29 is 0 Å². The number of benzene rings is 2. The SMILES string of the molecule is Clc1ccc(-c2nc(N3CCC(N4CCCCC4)CC3)c3ccccc3n2)cc1. The lowest BCUT2D eigenvalue weighted by Gasteiger charge is -2.40. The summed E-state index contributed by atoms with van der Waals surface area (Å²) in [5.74, 6) is 1.84. The van der Waals surface area contributed by atoms with E-state index < -0.39 is 0 Å². The Labute approximate surface area is 177 Å². The number of piperidine rings is 2. The molecule has 0 atom stereocenters. The Kier molecular flexibility index (Phi) is 5.38. The summed E-state index contributed by atoms with van der Waals surface area (Å²) in [5.41, 5.74) is 2.00. The minimum absolute atomic E-state index is 0.731. The topological polar surface area (TPSA) is 32.3 Å². The van der Waals surface area contributed by atoms with Crippen molar-refractivity contribution in [3.63, 3.8) is 0 Å². The lowest BCUT2D eigenvalue weighted by atomic mass is 9.99. The quantitative estimate of drug-likeness (QED) is 0.582. The van der Waals surface area contributed by atoms with Crippen molar-refractivity contribution in [3.8, 4) is 11.4 Å². The molecule has 2 aliphatic rings. The van der Waals surface area contributed by atoms with Crippen molar-refractivity contribution in [2.75, 3.05) is 31.1 Å². The Balaban J connectivity index is 1.44. The number of rotatable bonds is 3. The van der Waals surface area contributed by atoms with Gasteiger partial charge in [-0.05, 0) is 75.2 Å². The molecule has 0 saturated carbocycles. The number of likely N-dealkylation sites (tertiary alicyclic amines) is 1. The summed E-state index contributed by atoms with van der Waals surface area (Å²) in [7, 11) is 0. The van der Waals surface area contributed by atoms with Crippen molar-refractivity contribution in [1.82, 2.24) is 14.9 Å². The van der Waals surface area contributed by atoms with Gasteiger partial charge in [0.05, 0.1) is 5.52 Å². The molecule has 4 nitrogen and oxygen atoms in total. The van der Waals surface area contributed by atoms with E-state index in [1.54, 1.807) is 0 Å². The molecule has 0 aliphatic carbocycles. The molecule has 2 saturated heterocycles. The van der Waals surface area contributed by atoms with E-state index >= 15 is 0 Å². The standard InChI is InChI=1S/C24H27ClN4/c25-19-10-8-18(9-11-19)23-26-22-7-3-2-6-21(22)24(27-23)29-16-12-20(13-17-29)28-14-4-1-5-15-28/h2-3,6-11,20H,1,4-5,12-17H2. The minimum Gasteiger partial charge on any atom is -0.356 e. The van der Waals surface area contributed by atoms with Crippen molar-refractivity contribution in [1.29, 1.82) is 0 Å². The normalized spacial score (nSPS) is 19.0. The van der Waals surface area contributed by atoms with Gasteiger partial charge in [-0.3, -0.25) is 0 Å². The smallest absolute Gasteiger partial charge is 0.162 e. The molecule has 0 unspecified atom stereocenters. The van der Waals surface area contributed by atoms with Crippen LogP contribution in [0.5, 0.6) is 0 Å². The molecular formula is C24H27ClN4. The highest BCUT2D eigenvalue weighted by Crippen LogP contribution is 2.31. The summed E-state index contributed by atoms with van der Waals surface area (Å²) in [4.78, 5) is 15.0. The highest BCUT2D eigenvalue weighted by atomic mass is 35.5. The summed E-state index contributed by atoms with van der Waals surface area (Å²) in [6, 6.07) is 16.9. The van der Waals surface area contributed by atoms with Crippen molar-refractivity contribution in [2.24, 2.45) is 0 Å². The first-order valence-corrected chi connectivity index (χ1v) is 11.2. The molecule has 2 aliphatic heterocycles. The number of hydrogen-bond donors (Lipinski definition) is 0. The summed E-state index contributed by atoms with van der Waals surface area (Å²) in [6.07, 6.45) is 6.56. The Morgan fingerprint density at radius 2 is 1.52 bits per heavy atom. The first-order chi connectivity index (χ1) is 14.3. The second-order valence-corrected chi connectivity index (χ2v) is 8.65. The van der Waals surface area contributed by atoms with Crippen LogP contribution in [0, 0.1) is 0 Å². The van der Waals surface area contributed by atoms with E-state index in [1.165, 1.54) is 45.2 Å². The summed E-state index contributed by atoms with van der Waals surface area (Å²) >= 11 is 6.07. The highest BCUT2D eigenvalue weighted by Gasteiger charge is 2.27. The average Bonchev–Trinajstić information content (AvgIpc) is 2.79. The van der Waals surface area contributed by atoms with E-state index in [4.69, 9.17) is 21.6 Å². The van der Waals surface area contributed by atoms with Gasteiger partial charge < -0.3 is 9.80 Å². The fraction of sp³-hybridized carbons (Fsp3) is 0.417. The predicted octanol–water partition coefficient (Wildman–Crippen LogP) is 5.40. The molecule has 1 aromatic heterocycles. The van der Waals surface area contributed by atoms with Gasteiger partial charge in [0.2, 0.25) is 0 Å². The lowest BCUT2D eigenvalue weighted by molar-refractivity contribution is 0.141. The lowest BCUT2D eigenvalue weighted by Crippen LogP contribution is -2.47. The van der Waals surface area contributed by atoms with E-state index in [-0.39, 0.29) is 0 Å². The number of nitrogens with zero attached hydrogens (tertiary/aromatic N) is 4. The number of hydrogen-bond acceptors (Lipinski definition) is 4. The highest BCUT2D eigenvalue weighted by molar-refractivity contribution is 6.30. The van der Waals surface area contributed by atoms with Gasteiger partial charge >= 0.3 is 0 Å². The third-order valence-electron chi connectivity index (χ3n) is 6.36. The van der Waals surface area contributed by atoms with Crippen LogP contribution in [-0.4, -0.2) is 47.1 Å². The maximum Gasteiger partial charge on any atom is 0.162 e. The van der Waals surface area contributed by atoms with E-state index in [1.807, 2.05) is 30.3 Å². The summed E-state index contributed by atoms with van der Waals surface area (Å²) in [6.45, 7) is 4.67. The monoisotopic (exact) mass is 406 g/mol. The molecule has 5 heteroatoms. The number of para-hydroxylation sites is 1. The largest absolute Gasteiger partial charge is 0.356 e. The van der Waals surface area contributed by atoms with Crippen LogP contribution < -0.4 is 4.90 Å². The van der Waals surface area contributed by atoms with Crippen LogP contribution in [0.1, 0.15) is 32.1 Å². The molecule has 5 rings (SSSR count). The van der Waals surface area contributed by atoms with Gasteiger partial charge in [-0.15, -0.1) is 0 Å². The Bertz CT molecular complexity index is 974. The fourth-order valence-electron chi connectivity index (χ4n) is 4.76. The van der Waals surface area contributed by atoms with Gasteiger partial charge in [0, 0.05) is 35.1 Å². The zero-order chi connectivity index (χ0) is 19.6. The molecule has 2 fully saturated rings. The van der Waals surface area contributed by atoms with Gasteiger partial charge in [0.25, 0.3) is 0 Å². The van der Waals surface area contributed by atoms with Crippen molar-refractivity contribution in [3.05, 3.63) is 53.6 Å². The van der Waals surface area contributed by atoms with Gasteiger partial charge in [0.1, 0.15) is 5.82 Å². The fourth-order valence-corrected chi connectivity index (χ4v) is 4.88. The van der Waals surface area contributed by atoms with E-state index in [0.29, 0.717) is 0 Å². The number of halogens is 1. The molecule has 2 aromatic carbocycles. The molecule has 0 N–H and O–H groups in total. The second-order valence-electron chi connectivity index (χ2n) is 8.21. The van der Waals surface area contributed by atoms with Crippen LogP contribution in [0.25, 0.3) is 22.3 Å². The first kappa shape index (κ1) is 18.8. The first-order valence-electron chi connectivity index (χ1n) is 10.8. The maximum absolute atomic E-state index is 6.07. The van der Waals surface area contributed by atoms with Crippen LogP contribution in [0.2, 0.25) is 5.02 Å². The molecule has 0 amide bonds. The second kappa shape index (κ2) is 8.29. The molecule has 0 radical (unpaired) electrons. The Hall–Kier alpha value is -2.17. The Morgan fingerprint density at radius 1 is 0.793 bits per heavy atom. The molecular weight excluding hydrogens is 380 g/mol. The Morgan fingerprint density at radius 3 is 2.28 bits per heavy atom. The van der Waals surface area contributed by atoms with E-state index in [2.05, 4.69) is 28.0 Å². The molecule has 0 bridgehead atoms. The summed E-state index contributed by atoms with van der Waals surface area (Å²) < 4.78 is 0. The van der Waals surface area contributed by atoms with Gasteiger partial charge in [-0.25, -0.2) is 9.97 Å². The third kappa shape index (κ3) is 3.96. The number of anilines is 1. The number of fused-ring (bicyclic) bond motifs is 1. The van der Waals surface area contributed by atoms with Gasteiger partial charge in [-0.2, -0.15) is 0 Å². The summed E-state index contributed by atoms with van der Waals surface area (Å²) in [5, 5.41) is 1.87. The van der Waals surface area contributed by atoms with Crippen molar-refractivity contribution >= 4 is 28.3 Å². The molecule has 150 valence electrons. The van der Waals surface area contributed by atoms with Gasteiger partial charge in [-0.1, -0.05) is 30.2 Å². The molecule has 3 aromatic rings. The molecule has 29 heavy (non-hydrogen) atoms. The van der Waals surface area contributed by atoms with Crippen molar-refractivity contribution in [2.45, 2.75) is 38.1 Å². The average molecular weight is 407 g/mol. The van der Waals surface area contributed by atoms with Crippen LogP contribution in [0.3, 0.4) is 0 Å². The zero-order valence-electron chi connectivity index (χ0n) is 16.7. The zero-order valence-corrected chi connectivity index (χ0v) is 17.5.